The number of benzene rings is 2. The summed E-state index contributed by atoms with van der Waals surface area (Å²) in [6, 6.07) is 15.6. The average Bonchev–Trinajstić information content (AvgIpc) is 3.22. The van der Waals surface area contributed by atoms with Crippen molar-refractivity contribution in [2.75, 3.05) is 12.0 Å². The van der Waals surface area contributed by atoms with Crippen molar-refractivity contribution in [1.82, 2.24) is 10.2 Å². The summed E-state index contributed by atoms with van der Waals surface area (Å²) >= 11 is 0. The molecule has 1 N–H and O–H groups in total. The summed E-state index contributed by atoms with van der Waals surface area (Å²) in [6.07, 6.45) is 0. The van der Waals surface area contributed by atoms with E-state index in [0.717, 1.165) is 33.7 Å². The third-order valence-electron chi connectivity index (χ3n) is 5.22. The molecular weight excluding hydrogens is 349 g/mol. The lowest BCUT2D eigenvalue weighted by Gasteiger charge is -2.29. The van der Waals surface area contributed by atoms with E-state index in [1.54, 1.807) is 7.11 Å². The van der Waals surface area contributed by atoms with E-state index in [4.69, 9.17) is 4.74 Å². The molecule has 6 heteroatoms. The van der Waals surface area contributed by atoms with Crippen molar-refractivity contribution in [2.24, 2.45) is 0 Å². The van der Waals surface area contributed by atoms with Crippen molar-refractivity contribution >= 4 is 24.9 Å². The van der Waals surface area contributed by atoms with Gasteiger partial charge in [0.25, 0.3) is 5.91 Å². The van der Waals surface area contributed by atoms with Gasteiger partial charge < -0.3 is 4.74 Å². The normalized spacial score (nSPS) is 16.4. The van der Waals surface area contributed by atoms with Crippen molar-refractivity contribution < 1.29 is 9.53 Å². The standard InChI is InChI=1S/C22H24BN3O2/c1-22(2,3)20-17-18(24-25-20)21(27)26(14-11-9-13(23)10-12-14)19(17)15-7-5-6-8-16(15)28-4/h5-12,19H,23H2,1-4H3,(H,24,25). The van der Waals surface area contributed by atoms with Crippen LogP contribution in [-0.2, 0) is 5.41 Å². The van der Waals surface area contributed by atoms with Crippen LogP contribution in [0, 0.1) is 0 Å². The largest absolute Gasteiger partial charge is 0.496 e. The SMILES string of the molecule is Bc1ccc(N2C(=O)c3[nH]nc(C(C)(C)C)c3C2c2ccccc2OC)cc1. The molecule has 1 unspecified atom stereocenters. The highest BCUT2D eigenvalue weighted by Gasteiger charge is 2.45. The molecule has 0 saturated carbocycles. The molecule has 0 bridgehead atoms. The maximum Gasteiger partial charge on any atom is 0.277 e. The number of ether oxygens (including phenoxy) is 1. The monoisotopic (exact) mass is 373 g/mol. The van der Waals surface area contributed by atoms with E-state index in [0.29, 0.717) is 5.69 Å². The first-order valence-electron chi connectivity index (χ1n) is 9.45. The molecular formula is C22H24BN3O2. The molecule has 0 fully saturated rings. The van der Waals surface area contributed by atoms with E-state index in [-0.39, 0.29) is 17.4 Å². The Kier molecular flexibility index (Phi) is 4.29. The third kappa shape index (κ3) is 2.80. The Bertz CT molecular complexity index is 1030. The molecule has 0 aliphatic carbocycles. The number of para-hydroxylation sites is 1. The number of nitrogens with zero attached hydrogens (tertiary/aromatic N) is 2. The molecule has 5 nitrogen and oxygen atoms in total. The second-order valence-corrected chi connectivity index (χ2v) is 8.27. The quantitative estimate of drug-likeness (QED) is 0.719. The lowest BCUT2D eigenvalue weighted by Crippen LogP contribution is -2.30. The molecule has 3 aromatic rings. The summed E-state index contributed by atoms with van der Waals surface area (Å²) in [6.45, 7) is 6.34. The predicted molar refractivity (Wildman–Crippen MR) is 114 cm³/mol. The molecule has 0 spiro atoms. The minimum atomic E-state index is -0.297. The molecule has 1 aromatic heterocycles. The molecule has 4 rings (SSSR count). The summed E-state index contributed by atoms with van der Waals surface area (Å²) in [5, 5.41) is 7.53. The van der Waals surface area contributed by atoms with Gasteiger partial charge >= 0.3 is 0 Å². The molecule has 1 aliphatic rings. The van der Waals surface area contributed by atoms with E-state index < -0.39 is 0 Å². The van der Waals surface area contributed by atoms with Crippen LogP contribution in [0.3, 0.4) is 0 Å². The summed E-state index contributed by atoms with van der Waals surface area (Å²) in [7, 11) is 3.70. The van der Waals surface area contributed by atoms with Gasteiger partial charge in [-0.15, -0.1) is 0 Å². The van der Waals surface area contributed by atoms with E-state index in [2.05, 4.69) is 31.0 Å². The number of aromatic amines is 1. The molecule has 2 heterocycles. The Morgan fingerprint density at radius 3 is 2.43 bits per heavy atom. The Morgan fingerprint density at radius 2 is 1.79 bits per heavy atom. The number of aromatic nitrogens is 2. The first-order valence-corrected chi connectivity index (χ1v) is 9.45. The number of H-pyrrole nitrogens is 1. The van der Waals surface area contributed by atoms with Crippen LogP contribution in [0.15, 0.2) is 48.5 Å². The zero-order valence-corrected chi connectivity index (χ0v) is 16.9. The summed E-state index contributed by atoms with van der Waals surface area (Å²) < 4.78 is 5.64. The van der Waals surface area contributed by atoms with Crippen molar-refractivity contribution in [3.63, 3.8) is 0 Å². The number of fused-ring (bicyclic) bond motifs is 1. The Labute approximate surface area is 166 Å². The van der Waals surface area contributed by atoms with Crippen molar-refractivity contribution in [3.8, 4) is 5.75 Å². The fraction of sp³-hybridized carbons (Fsp3) is 0.273. The van der Waals surface area contributed by atoms with Crippen molar-refractivity contribution in [1.29, 1.82) is 0 Å². The highest BCUT2D eigenvalue weighted by atomic mass is 16.5. The van der Waals surface area contributed by atoms with Gasteiger partial charge in [0.05, 0.1) is 18.8 Å². The third-order valence-corrected chi connectivity index (χ3v) is 5.22. The Morgan fingerprint density at radius 1 is 1.11 bits per heavy atom. The van der Waals surface area contributed by atoms with E-state index in [1.807, 2.05) is 61.3 Å². The van der Waals surface area contributed by atoms with Gasteiger partial charge in [0.2, 0.25) is 0 Å². The molecule has 1 amide bonds. The maximum absolute atomic E-state index is 13.4. The van der Waals surface area contributed by atoms with Crippen molar-refractivity contribution in [3.05, 3.63) is 71.0 Å². The number of methoxy groups -OCH3 is 1. The molecule has 0 saturated heterocycles. The van der Waals surface area contributed by atoms with Gasteiger partial charge in [0.1, 0.15) is 19.3 Å². The molecule has 28 heavy (non-hydrogen) atoms. The number of rotatable bonds is 3. The Balaban J connectivity index is 1.98. The van der Waals surface area contributed by atoms with Gasteiger partial charge in [-0.2, -0.15) is 5.10 Å². The smallest absolute Gasteiger partial charge is 0.277 e. The van der Waals surface area contributed by atoms with Gasteiger partial charge in [-0.1, -0.05) is 56.6 Å². The van der Waals surface area contributed by atoms with Crippen LogP contribution in [0.5, 0.6) is 5.75 Å². The number of hydrogen-bond acceptors (Lipinski definition) is 3. The molecule has 0 radical (unpaired) electrons. The average molecular weight is 373 g/mol. The highest BCUT2D eigenvalue weighted by molar-refractivity contribution is 6.32. The van der Waals surface area contributed by atoms with Gasteiger partial charge in [-0.05, 0) is 18.2 Å². The van der Waals surface area contributed by atoms with Gasteiger partial charge in [-0.25, -0.2) is 0 Å². The number of anilines is 1. The topological polar surface area (TPSA) is 58.2 Å². The van der Waals surface area contributed by atoms with E-state index in [1.165, 1.54) is 0 Å². The summed E-state index contributed by atoms with van der Waals surface area (Å²) in [5.74, 6) is 0.684. The van der Waals surface area contributed by atoms with Gasteiger partial charge in [0, 0.05) is 22.2 Å². The summed E-state index contributed by atoms with van der Waals surface area (Å²) in [5.41, 5.74) is 5.15. The van der Waals surface area contributed by atoms with Crippen LogP contribution in [0.2, 0.25) is 0 Å². The highest BCUT2D eigenvalue weighted by Crippen LogP contribution is 2.46. The number of nitrogens with one attached hydrogen (secondary N) is 1. The maximum atomic E-state index is 13.4. The van der Waals surface area contributed by atoms with Crippen LogP contribution in [-0.4, -0.2) is 31.1 Å². The molecule has 1 atom stereocenters. The van der Waals surface area contributed by atoms with E-state index >= 15 is 0 Å². The summed E-state index contributed by atoms with van der Waals surface area (Å²) in [4.78, 5) is 15.3. The van der Waals surface area contributed by atoms with Gasteiger partial charge in [0.15, 0.2) is 0 Å². The van der Waals surface area contributed by atoms with Crippen LogP contribution in [0.25, 0.3) is 0 Å². The fourth-order valence-corrected chi connectivity index (χ4v) is 3.88. The van der Waals surface area contributed by atoms with Crippen LogP contribution < -0.4 is 15.1 Å². The minimum Gasteiger partial charge on any atom is -0.496 e. The molecule has 1 aliphatic heterocycles. The number of amides is 1. The first-order chi connectivity index (χ1) is 13.3. The lowest BCUT2D eigenvalue weighted by atomic mass is 9.85. The van der Waals surface area contributed by atoms with Crippen LogP contribution >= 0.6 is 0 Å². The zero-order valence-electron chi connectivity index (χ0n) is 16.9. The number of carbonyl (C=O) groups is 1. The predicted octanol–water partition coefficient (Wildman–Crippen LogP) is 2.72. The second-order valence-electron chi connectivity index (χ2n) is 8.27. The number of hydrogen-bond donors (Lipinski definition) is 1. The van der Waals surface area contributed by atoms with E-state index in [9.17, 15) is 4.79 Å². The van der Waals surface area contributed by atoms with Crippen LogP contribution in [0.4, 0.5) is 5.69 Å². The fourth-order valence-electron chi connectivity index (χ4n) is 3.88. The minimum absolute atomic E-state index is 0.0715. The van der Waals surface area contributed by atoms with Crippen LogP contribution in [0.1, 0.15) is 54.1 Å². The Hall–Kier alpha value is -3.02. The second kappa shape index (κ2) is 6.55. The zero-order chi connectivity index (χ0) is 20.1. The van der Waals surface area contributed by atoms with Gasteiger partial charge in [-0.3, -0.25) is 14.8 Å². The van der Waals surface area contributed by atoms with Crippen molar-refractivity contribution in [2.45, 2.75) is 32.2 Å². The molecule has 142 valence electrons. The molecule has 2 aromatic carbocycles. The number of carbonyl (C=O) groups excluding carboxylic acids is 1. The first kappa shape index (κ1) is 18.4. The lowest BCUT2D eigenvalue weighted by molar-refractivity contribution is 0.0988.